The third-order valence-electron chi connectivity index (χ3n) is 4.29. The van der Waals surface area contributed by atoms with E-state index in [1.165, 1.54) is 6.07 Å². The maximum Gasteiger partial charge on any atom is 0.241 e. The molecular weight excluding hydrogens is 328 g/mol. The third kappa shape index (κ3) is 3.90. The van der Waals surface area contributed by atoms with Gasteiger partial charge in [-0.1, -0.05) is 6.07 Å². The quantitative estimate of drug-likeness (QED) is 0.915. The Bertz CT molecular complexity index is 715. The van der Waals surface area contributed by atoms with Crippen LogP contribution in [-0.4, -0.2) is 53.0 Å². The van der Waals surface area contributed by atoms with Crippen LogP contribution in [0.5, 0.6) is 0 Å². The van der Waals surface area contributed by atoms with Crippen molar-refractivity contribution in [1.29, 1.82) is 0 Å². The van der Waals surface area contributed by atoms with E-state index < -0.39 is 29.3 Å². The normalized spacial score (nSPS) is 16.5. The second-order valence-corrected chi connectivity index (χ2v) is 5.83. The van der Waals surface area contributed by atoms with Crippen molar-refractivity contribution in [3.63, 3.8) is 0 Å². The summed E-state index contributed by atoms with van der Waals surface area (Å²) in [6.45, 7) is 4.34. The Labute approximate surface area is 144 Å². The second-order valence-electron chi connectivity index (χ2n) is 5.83. The number of rotatable bonds is 4. The molecule has 1 amide bonds. The van der Waals surface area contributed by atoms with Crippen LogP contribution in [0.4, 0.5) is 20.4 Å². The molecule has 25 heavy (non-hydrogen) atoms. The summed E-state index contributed by atoms with van der Waals surface area (Å²) in [7, 11) is 0. The second kappa shape index (κ2) is 7.52. The van der Waals surface area contributed by atoms with Crippen molar-refractivity contribution < 1.29 is 13.6 Å². The Morgan fingerprint density at radius 1 is 1.08 bits per heavy atom. The number of amides is 1. The van der Waals surface area contributed by atoms with Crippen LogP contribution in [0.2, 0.25) is 0 Å². The van der Waals surface area contributed by atoms with Crippen LogP contribution in [0, 0.1) is 11.6 Å². The molecular formula is C17H19F2N5O. The summed E-state index contributed by atoms with van der Waals surface area (Å²) in [4.78, 5) is 24.8. The van der Waals surface area contributed by atoms with Gasteiger partial charge in [-0.3, -0.25) is 9.69 Å². The zero-order chi connectivity index (χ0) is 17.8. The number of para-hydroxylation sites is 1. The number of nitrogens with zero attached hydrogens (tertiary/aromatic N) is 4. The summed E-state index contributed by atoms with van der Waals surface area (Å²) >= 11 is 0. The van der Waals surface area contributed by atoms with Crippen molar-refractivity contribution in [2.24, 2.45) is 0 Å². The molecule has 2 aromatic rings. The summed E-state index contributed by atoms with van der Waals surface area (Å²) < 4.78 is 27.3. The molecule has 1 aromatic carbocycles. The lowest BCUT2D eigenvalue weighted by molar-refractivity contribution is -0.120. The molecule has 3 rings (SSSR count). The highest BCUT2D eigenvalue weighted by molar-refractivity contribution is 5.94. The first-order chi connectivity index (χ1) is 12.1. The number of halogens is 2. The summed E-state index contributed by atoms with van der Waals surface area (Å²) in [5.41, 5.74) is -0.407. The monoisotopic (exact) mass is 347 g/mol. The van der Waals surface area contributed by atoms with Crippen molar-refractivity contribution in [1.82, 2.24) is 14.9 Å². The van der Waals surface area contributed by atoms with Gasteiger partial charge in [-0.25, -0.2) is 18.7 Å². The number of aromatic nitrogens is 2. The Morgan fingerprint density at radius 2 is 1.68 bits per heavy atom. The minimum Gasteiger partial charge on any atom is -0.338 e. The van der Waals surface area contributed by atoms with Gasteiger partial charge in [-0.15, -0.1) is 0 Å². The van der Waals surface area contributed by atoms with E-state index in [4.69, 9.17) is 0 Å². The van der Waals surface area contributed by atoms with Gasteiger partial charge in [0.05, 0.1) is 6.04 Å². The van der Waals surface area contributed by atoms with E-state index in [0.29, 0.717) is 32.1 Å². The van der Waals surface area contributed by atoms with Crippen LogP contribution in [0.15, 0.2) is 36.7 Å². The zero-order valence-electron chi connectivity index (χ0n) is 13.8. The third-order valence-corrected chi connectivity index (χ3v) is 4.29. The number of hydrogen-bond acceptors (Lipinski definition) is 5. The molecule has 8 heteroatoms. The topological polar surface area (TPSA) is 61.4 Å². The number of carbonyl (C=O) groups is 1. The predicted molar refractivity (Wildman–Crippen MR) is 90.3 cm³/mol. The van der Waals surface area contributed by atoms with E-state index in [2.05, 4.69) is 15.3 Å². The van der Waals surface area contributed by atoms with Gasteiger partial charge in [0.15, 0.2) is 0 Å². The number of benzene rings is 1. The van der Waals surface area contributed by atoms with Crippen LogP contribution < -0.4 is 10.2 Å². The maximum absolute atomic E-state index is 13.7. The molecule has 0 bridgehead atoms. The fourth-order valence-electron chi connectivity index (χ4n) is 2.77. The van der Waals surface area contributed by atoms with Gasteiger partial charge in [0.2, 0.25) is 11.9 Å². The first-order valence-corrected chi connectivity index (χ1v) is 8.07. The minimum absolute atomic E-state index is 0.407. The van der Waals surface area contributed by atoms with Crippen LogP contribution in [0.25, 0.3) is 0 Å². The van der Waals surface area contributed by atoms with Crippen molar-refractivity contribution in [2.45, 2.75) is 13.0 Å². The minimum atomic E-state index is -0.786. The van der Waals surface area contributed by atoms with Gasteiger partial charge in [0.25, 0.3) is 0 Å². The largest absolute Gasteiger partial charge is 0.338 e. The Hall–Kier alpha value is -2.61. The highest BCUT2D eigenvalue weighted by atomic mass is 19.1. The number of carbonyl (C=O) groups excluding carboxylic acids is 1. The van der Waals surface area contributed by atoms with Gasteiger partial charge in [0.1, 0.15) is 17.3 Å². The van der Waals surface area contributed by atoms with E-state index in [-0.39, 0.29) is 0 Å². The Balaban J connectivity index is 1.59. The van der Waals surface area contributed by atoms with E-state index in [9.17, 15) is 13.6 Å². The standard InChI is InChI=1S/C17H19F2N5O/c1-12(16(25)22-15-13(18)4-2-5-14(15)19)23-8-10-24(11-9-23)17-20-6-3-7-21-17/h2-7,12H,8-11H2,1H3,(H,22,25)/t12-/m1/s1. The molecule has 0 saturated carbocycles. The van der Waals surface area contributed by atoms with Gasteiger partial charge in [0, 0.05) is 38.6 Å². The summed E-state index contributed by atoms with van der Waals surface area (Å²) in [5, 5.41) is 2.35. The van der Waals surface area contributed by atoms with Crippen molar-refractivity contribution in [2.75, 3.05) is 36.4 Å². The Kier molecular flexibility index (Phi) is 5.18. The van der Waals surface area contributed by atoms with Crippen LogP contribution in [0.1, 0.15) is 6.92 Å². The SMILES string of the molecule is C[C@H](C(=O)Nc1c(F)cccc1F)N1CCN(c2ncccn2)CC1. The van der Waals surface area contributed by atoms with Crippen LogP contribution >= 0.6 is 0 Å². The smallest absolute Gasteiger partial charge is 0.241 e. The molecule has 0 unspecified atom stereocenters. The summed E-state index contributed by atoms with van der Waals surface area (Å²) in [5.74, 6) is -1.35. The predicted octanol–water partition coefficient (Wildman–Crippen LogP) is 1.90. The molecule has 1 fully saturated rings. The highest BCUT2D eigenvalue weighted by Crippen LogP contribution is 2.19. The Morgan fingerprint density at radius 3 is 2.28 bits per heavy atom. The lowest BCUT2D eigenvalue weighted by Crippen LogP contribution is -2.53. The summed E-state index contributed by atoms with van der Waals surface area (Å²) in [6.07, 6.45) is 3.38. The number of hydrogen-bond donors (Lipinski definition) is 1. The molecule has 6 nitrogen and oxygen atoms in total. The molecule has 1 atom stereocenters. The van der Waals surface area contributed by atoms with E-state index in [0.717, 1.165) is 12.1 Å². The van der Waals surface area contributed by atoms with Crippen LogP contribution in [-0.2, 0) is 4.79 Å². The van der Waals surface area contributed by atoms with Gasteiger partial charge < -0.3 is 10.2 Å². The lowest BCUT2D eigenvalue weighted by Gasteiger charge is -2.37. The first-order valence-electron chi connectivity index (χ1n) is 8.07. The van der Waals surface area contributed by atoms with Gasteiger partial charge in [-0.05, 0) is 25.1 Å². The zero-order valence-corrected chi connectivity index (χ0v) is 13.8. The molecule has 0 aliphatic carbocycles. The van der Waals surface area contributed by atoms with Crippen molar-refractivity contribution >= 4 is 17.5 Å². The molecule has 2 heterocycles. The van der Waals surface area contributed by atoms with Gasteiger partial charge in [-0.2, -0.15) is 0 Å². The number of anilines is 2. The number of nitrogens with one attached hydrogen (secondary N) is 1. The average Bonchev–Trinajstić information content (AvgIpc) is 2.65. The fraction of sp³-hybridized carbons (Fsp3) is 0.353. The average molecular weight is 347 g/mol. The molecule has 1 aliphatic heterocycles. The molecule has 1 aromatic heterocycles. The van der Waals surface area contributed by atoms with Crippen molar-refractivity contribution in [3.05, 3.63) is 48.3 Å². The van der Waals surface area contributed by atoms with Crippen LogP contribution in [0.3, 0.4) is 0 Å². The maximum atomic E-state index is 13.7. The van der Waals surface area contributed by atoms with E-state index in [1.807, 2.05) is 9.80 Å². The molecule has 0 radical (unpaired) electrons. The highest BCUT2D eigenvalue weighted by Gasteiger charge is 2.27. The molecule has 132 valence electrons. The fourth-order valence-corrected chi connectivity index (χ4v) is 2.77. The van der Waals surface area contributed by atoms with E-state index >= 15 is 0 Å². The van der Waals surface area contributed by atoms with Gasteiger partial charge >= 0.3 is 0 Å². The molecule has 0 spiro atoms. The van der Waals surface area contributed by atoms with E-state index in [1.54, 1.807) is 25.4 Å². The number of piperazine rings is 1. The molecule has 1 aliphatic rings. The lowest BCUT2D eigenvalue weighted by atomic mass is 10.2. The van der Waals surface area contributed by atoms with Crippen molar-refractivity contribution in [3.8, 4) is 0 Å². The molecule has 1 N–H and O–H groups in total. The first kappa shape index (κ1) is 17.2. The molecule has 1 saturated heterocycles. The summed E-state index contributed by atoms with van der Waals surface area (Å²) in [6, 6.07) is 4.74.